The van der Waals surface area contributed by atoms with Crippen molar-refractivity contribution in [2.24, 2.45) is 0 Å². The van der Waals surface area contributed by atoms with Gasteiger partial charge in [-0.25, -0.2) is 35.1 Å². The Kier molecular flexibility index (Phi) is 9.98. The molecule has 2 nitrogen and oxygen atoms in total. The Balaban J connectivity index is 1.53. The van der Waals surface area contributed by atoms with Gasteiger partial charge in [-0.3, -0.25) is 0 Å². The number of ether oxygens (including phenoxy) is 2. The van der Waals surface area contributed by atoms with Crippen LogP contribution in [0.3, 0.4) is 0 Å². The third kappa shape index (κ3) is 7.90. The summed E-state index contributed by atoms with van der Waals surface area (Å²) < 4.78 is 151. The first-order valence-electron chi connectivity index (χ1n) is 13.0. The number of alkyl halides is 2. The van der Waals surface area contributed by atoms with Crippen molar-refractivity contribution in [3.05, 3.63) is 129 Å². The van der Waals surface area contributed by atoms with Gasteiger partial charge in [-0.15, -0.1) is 0 Å². The largest absolute Gasteiger partial charge is 0.493 e. The lowest BCUT2D eigenvalue weighted by Crippen LogP contribution is -2.23. The summed E-state index contributed by atoms with van der Waals surface area (Å²) in [5.74, 6) is -4.59. The molecule has 0 heterocycles. The quantitative estimate of drug-likeness (QED) is 0.0874. The molecule has 0 radical (unpaired) electrons. The molecule has 4 aromatic carbocycles. The third-order valence-electron chi connectivity index (χ3n) is 5.97. The SMILES string of the molecule is CCCCOc1ccc(C(F)(F)Oc2cc(F)c(C#Cc3cc(F)c(C#Cc4cc(F)c(F)c(F)c4)c(F)c3)c(F)c2)c(F)c1. The Bertz CT molecular complexity index is 1810. The van der Waals surface area contributed by atoms with Crippen LogP contribution in [-0.4, -0.2) is 6.61 Å². The standard InChI is InChI=1S/C33H18F10O2/c1-2-3-10-44-20-6-9-24(29(38)15-20)33(42,43)45-21-16-27(36)23(28(37)17-21)8-4-18-11-25(34)22(26(35)12-18)7-5-19-13-30(39)32(41)31(40)14-19/h6,9,11-17H,2-3,10H2,1H3. The highest BCUT2D eigenvalue weighted by Gasteiger charge is 2.38. The second-order valence-electron chi connectivity index (χ2n) is 9.29. The van der Waals surface area contributed by atoms with E-state index < -0.39 is 86.2 Å². The van der Waals surface area contributed by atoms with Gasteiger partial charge in [0.05, 0.1) is 17.7 Å². The molecule has 4 rings (SSSR count). The van der Waals surface area contributed by atoms with E-state index in [1.165, 1.54) is 0 Å². The lowest BCUT2D eigenvalue weighted by Gasteiger charge is -2.19. The first-order chi connectivity index (χ1) is 21.3. The molecule has 0 atom stereocenters. The van der Waals surface area contributed by atoms with E-state index in [4.69, 9.17) is 4.74 Å². The van der Waals surface area contributed by atoms with E-state index in [9.17, 15) is 43.9 Å². The topological polar surface area (TPSA) is 18.5 Å². The van der Waals surface area contributed by atoms with Gasteiger partial charge in [0.2, 0.25) is 0 Å². The maximum Gasteiger partial charge on any atom is 0.429 e. The number of hydrogen-bond acceptors (Lipinski definition) is 2. The van der Waals surface area contributed by atoms with Gasteiger partial charge in [0.15, 0.2) is 17.5 Å². The molecule has 0 bridgehead atoms. The Morgan fingerprint density at radius 1 is 0.578 bits per heavy atom. The summed E-state index contributed by atoms with van der Waals surface area (Å²) in [5, 5.41) is 0. The van der Waals surface area contributed by atoms with Crippen LogP contribution in [-0.2, 0) is 6.11 Å². The molecule has 0 spiro atoms. The second-order valence-corrected chi connectivity index (χ2v) is 9.29. The van der Waals surface area contributed by atoms with Crippen molar-refractivity contribution in [3.63, 3.8) is 0 Å². The van der Waals surface area contributed by atoms with Crippen LogP contribution in [0.5, 0.6) is 11.5 Å². The molecular formula is C33H18F10O2. The molecule has 0 unspecified atom stereocenters. The molecule has 0 aliphatic rings. The number of halogens is 10. The fourth-order valence-electron chi connectivity index (χ4n) is 3.75. The van der Waals surface area contributed by atoms with E-state index in [1.807, 2.05) is 18.8 Å². The maximum absolute atomic E-state index is 14.7. The summed E-state index contributed by atoms with van der Waals surface area (Å²) in [4.78, 5) is 0. The molecule has 4 aromatic rings. The smallest absolute Gasteiger partial charge is 0.429 e. The monoisotopic (exact) mass is 636 g/mol. The summed E-state index contributed by atoms with van der Waals surface area (Å²) in [7, 11) is 0. The maximum atomic E-state index is 14.7. The van der Waals surface area contributed by atoms with Gasteiger partial charge in [0, 0.05) is 29.3 Å². The zero-order chi connectivity index (χ0) is 32.9. The van der Waals surface area contributed by atoms with Crippen molar-refractivity contribution >= 4 is 0 Å². The molecule has 232 valence electrons. The molecule has 0 saturated carbocycles. The van der Waals surface area contributed by atoms with Gasteiger partial charge >= 0.3 is 6.11 Å². The molecule has 12 heteroatoms. The summed E-state index contributed by atoms with van der Waals surface area (Å²) in [6.07, 6.45) is -2.90. The predicted molar refractivity (Wildman–Crippen MR) is 142 cm³/mol. The lowest BCUT2D eigenvalue weighted by molar-refractivity contribution is -0.187. The molecule has 0 N–H and O–H groups in total. The van der Waals surface area contributed by atoms with Crippen LogP contribution >= 0.6 is 0 Å². The molecule has 0 amide bonds. The van der Waals surface area contributed by atoms with Crippen LogP contribution < -0.4 is 9.47 Å². The summed E-state index contributed by atoms with van der Waals surface area (Å²) in [6, 6.07) is 5.57. The fraction of sp³-hybridized carbons (Fsp3) is 0.152. The lowest BCUT2D eigenvalue weighted by atomic mass is 10.1. The van der Waals surface area contributed by atoms with Crippen LogP contribution in [0.1, 0.15) is 47.6 Å². The van der Waals surface area contributed by atoms with E-state index in [2.05, 4.69) is 16.6 Å². The minimum absolute atomic E-state index is 0.00112. The zero-order valence-electron chi connectivity index (χ0n) is 22.9. The van der Waals surface area contributed by atoms with E-state index in [-0.39, 0.29) is 12.4 Å². The average Bonchev–Trinajstić information content (AvgIpc) is 2.94. The average molecular weight is 636 g/mol. The van der Waals surface area contributed by atoms with Crippen molar-refractivity contribution < 1.29 is 53.4 Å². The second kappa shape index (κ2) is 13.7. The van der Waals surface area contributed by atoms with Gasteiger partial charge in [-0.05, 0) is 42.8 Å². The van der Waals surface area contributed by atoms with Crippen LogP contribution in [0.15, 0.2) is 54.6 Å². The first-order valence-corrected chi connectivity index (χ1v) is 13.0. The Morgan fingerprint density at radius 2 is 1.04 bits per heavy atom. The molecule has 0 aromatic heterocycles. The molecule has 0 saturated heterocycles. The van der Waals surface area contributed by atoms with Gasteiger partial charge in [-0.1, -0.05) is 37.0 Å². The van der Waals surface area contributed by atoms with Crippen molar-refractivity contribution in [2.45, 2.75) is 25.9 Å². The highest BCUT2D eigenvalue weighted by Crippen LogP contribution is 2.35. The number of rotatable bonds is 7. The first kappa shape index (κ1) is 32.8. The number of hydrogen-bond donors (Lipinski definition) is 0. The van der Waals surface area contributed by atoms with Crippen molar-refractivity contribution in [2.75, 3.05) is 6.61 Å². The Morgan fingerprint density at radius 3 is 1.53 bits per heavy atom. The molecule has 45 heavy (non-hydrogen) atoms. The Labute approximate surface area is 250 Å². The van der Waals surface area contributed by atoms with Gasteiger partial charge < -0.3 is 9.47 Å². The molecule has 0 aliphatic carbocycles. The van der Waals surface area contributed by atoms with Crippen LogP contribution in [0.4, 0.5) is 43.9 Å². The number of benzene rings is 4. The van der Waals surface area contributed by atoms with E-state index >= 15 is 0 Å². The Hall–Kier alpha value is -5.10. The van der Waals surface area contributed by atoms with Gasteiger partial charge in [-0.2, -0.15) is 8.78 Å². The fourth-order valence-corrected chi connectivity index (χ4v) is 3.75. The normalized spacial score (nSPS) is 10.9. The van der Waals surface area contributed by atoms with E-state index in [0.717, 1.165) is 18.6 Å². The van der Waals surface area contributed by atoms with Gasteiger partial charge in [0.25, 0.3) is 0 Å². The summed E-state index contributed by atoms with van der Waals surface area (Å²) >= 11 is 0. The van der Waals surface area contributed by atoms with Crippen LogP contribution in [0.25, 0.3) is 0 Å². The highest BCUT2D eigenvalue weighted by atomic mass is 19.3. The predicted octanol–water partition coefficient (Wildman–Crippen LogP) is 8.91. The minimum Gasteiger partial charge on any atom is -0.493 e. The minimum atomic E-state index is -4.35. The number of unbranched alkanes of at least 4 members (excludes halogenated alkanes) is 1. The molecule has 0 fully saturated rings. The highest BCUT2D eigenvalue weighted by molar-refractivity contribution is 5.50. The third-order valence-corrected chi connectivity index (χ3v) is 5.97. The van der Waals surface area contributed by atoms with E-state index in [0.29, 0.717) is 48.9 Å². The zero-order valence-corrected chi connectivity index (χ0v) is 22.9. The van der Waals surface area contributed by atoms with Crippen molar-refractivity contribution in [3.8, 4) is 35.2 Å². The van der Waals surface area contributed by atoms with Crippen LogP contribution in [0, 0.1) is 70.2 Å². The summed E-state index contributed by atoms with van der Waals surface area (Å²) in [6.45, 7) is 2.14. The van der Waals surface area contributed by atoms with E-state index in [1.54, 1.807) is 0 Å². The molecular weight excluding hydrogens is 618 g/mol. The van der Waals surface area contributed by atoms with Crippen LogP contribution in [0.2, 0.25) is 0 Å². The van der Waals surface area contributed by atoms with Crippen molar-refractivity contribution in [1.82, 2.24) is 0 Å². The van der Waals surface area contributed by atoms with Crippen molar-refractivity contribution in [1.29, 1.82) is 0 Å². The molecule has 0 aliphatic heterocycles. The van der Waals surface area contributed by atoms with Gasteiger partial charge in [0.1, 0.15) is 46.1 Å². The summed E-state index contributed by atoms with van der Waals surface area (Å²) in [5.41, 5.74) is -3.86.